The van der Waals surface area contributed by atoms with Crippen LogP contribution in [0.25, 0.3) is 0 Å². The van der Waals surface area contributed by atoms with Crippen LogP contribution < -0.4 is 4.90 Å². The van der Waals surface area contributed by atoms with Crippen molar-refractivity contribution in [2.24, 2.45) is 0 Å². The Morgan fingerprint density at radius 2 is 2.22 bits per heavy atom. The third kappa shape index (κ3) is 3.12. The molecule has 0 radical (unpaired) electrons. The highest BCUT2D eigenvalue weighted by Crippen LogP contribution is 2.25. The van der Waals surface area contributed by atoms with Gasteiger partial charge in [0.05, 0.1) is 6.54 Å². The minimum absolute atomic E-state index is 0.430. The van der Waals surface area contributed by atoms with Crippen molar-refractivity contribution in [2.75, 3.05) is 4.90 Å². The van der Waals surface area contributed by atoms with Crippen LogP contribution in [0.4, 0.5) is 5.82 Å². The van der Waals surface area contributed by atoms with E-state index in [1.165, 1.54) is 10.4 Å². The van der Waals surface area contributed by atoms with Gasteiger partial charge < -0.3 is 4.90 Å². The van der Waals surface area contributed by atoms with E-state index >= 15 is 0 Å². The van der Waals surface area contributed by atoms with E-state index in [-0.39, 0.29) is 0 Å². The molecule has 2 nitrogen and oxygen atoms in total. The Kier molecular flexibility index (Phi) is 4.40. The number of anilines is 1. The lowest BCUT2D eigenvalue weighted by Gasteiger charge is -2.28. The molecule has 0 aliphatic heterocycles. The van der Waals surface area contributed by atoms with Crippen LogP contribution in [-0.4, -0.2) is 11.0 Å². The van der Waals surface area contributed by atoms with Crippen molar-refractivity contribution in [3.05, 3.63) is 44.7 Å². The highest BCUT2D eigenvalue weighted by atomic mass is 79.9. The summed E-state index contributed by atoms with van der Waals surface area (Å²) in [4.78, 5) is 8.27. The number of aromatic nitrogens is 1. The Morgan fingerprint density at radius 1 is 1.44 bits per heavy atom. The van der Waals surface area contributed by atoms with E-state index in [1.54, 1.807) is 11.3 Å². The predicted octanol–water partition coefficient (Wildman–Crippen LogP) is 4.63. The predicted molar refractivity (Wildman–Crippen MR) is 82.3 cm³/mol. The Labute approximate surface area is 121 Å². The van der Waals surface area contributed by atoms with E-state index in [0.29, 0.717) is 6.04 Å². The maximum atomic E-state index is 4.56. The SMILES string of the molecule is Cc1cc(Br)cnc1N(Cc1cccs1)C(C)C. The minimum Gasteiger partial charge on any atom is -0.349 e. The van der Waals surface area contributed by atoms with Crippen LogP contribution in [0.15, 0.2) is 34.2 Å². The van der Waals surface area contributed by atoms with Gasteiger partial charge in [-0.1, -0.05) is 6.07 Å². The van der Waals surface area contributed by atoms with E-state index < -0.39 is 0 Å². The summed E-state index contributed by atoms with van der Waals surface area (Å²) in [5, 5.41) is 2.12. The first-order valence-electron chi connectivity index (χ1n) is 5.99. The van der Waals surface area contributed by atoms with Gasteiger partial charge >= 0.3 is 0 Å². The van der Waals surface area contributed by atoms with Crippen molar-refractivity contribution in [1.82, 2.24) is 4.98 Å². The van der Waals surface area contributed by atoms with Crippen molar-refractivity contribution < 1.29 is 0 Å². The zero-order valence-electron chi connectivity index (χ0n) is 10.9. The van der Waals surface area contributed by atoms with Crippen LogP contribution in [0.2, 0.25) is 0 Å². The molecule has 2 aromatic heterocycles. The molecule has 0 unspecified atom stereocenters. The van der Waals surface area contributed by atoms with Gasteiger partial charge in [-0.3, -0.25) is 0 Å². The second-order valence-electron chi connectivity index (χ2n) is 4.60. The maximum Gasteiger partial charge on any atom is 0.132 e. The Hall–Kier alpha value is -0.870. The summed E-state index contributed by atoms with van der Waals surface area (Å²) in [6.45, 7) is 7.44. The highest BCUT2D eigenvalue weighted by molar-refractivity contribution is 9.10. The van der Waals surface area contributed by atoms with Gasteiger partial charge in [-0.2, -0.15) is 0 Å². The molecule has 0 bridgehead atoms. The zero-order chi connectivity index (χ0) is 13.1. The molecule has 0 saturated carbocycles. The molecule has 18 heavy (non-hydrogen) atoms. The number of aryl methyl sites for hydroxylation is 1. The molecule has 0 N–H and O–H groups in total. The molecule has 0 spiro atoms. The average molecular weight is 325 g/mol. The van der Waals surface area contributed by atoms with Gasteiger partial charge in [0, 0.05) is 21.6 Å². The second kappa shape index (κ2) is 5.85. The first-order valence-corrected chi connectivity index (χ1v) is 7.66. The van der Waals surface area contributed by atoms with Gasteiger partial charge in [-0.15, -0.1) is 11.3 Å². The molecular weight excluding hydrogens is 308 g/mol. The summed E-state index contributed by atoms with van der Waals surface area (Å²) in [7, 11) is 0. The lowest BCUT2D eigenvalue weighted by atomic mass is 10.2. The van der Waals surface area contributed by atoms with E-state index in [4.69, 9.17) is 0 Å². The van der Waals surface area contributed by atoms with Crippen molar-refractivity contribution in [2.45, 2.75) is 33.4 Å². The molecule has 0 atom stereocenters. The largest absolute Gasteiger partial charge is 0.349 e. The Balaban J connectivity index is 2.29. The van der Waals surface area contributed by atoms with Crippen LogP contribution >= 0.6 is 27.3 Å². The van der Waals surface area contributed by atoms with Crippen LogP contribution in [-0.2, 0) is 6.54 Å². The van der Waals surface area contributed by atoms with Gasteiger partial charge in [0.25, 0.3) is 0 Å². The summed E-state index contributed by atoms with van der Waals surface area (Å²) in [6, 6.07) is 6.82. The molecular formula is C14H17BrN2S. The van der Waals surface area contributed by atoms with E-state index in [9.17, 15) is 0 Å². The number of halogens is 1. The summed E-state index contributed by atoms with van der Waals surface area (Å²) in [5.74, 6) is 1.07. The summed E-state index contributed by atoms with van der Waals surface area (Å²) >= 11 is 5.26. The molecule has 0 fully saturated rings. The number of hydrogen-bond donors (Lipinski definition) is 0. The van der Waals surface area contributed by atoms with E-state index in [1.807, 2.05) is 6.20 Å². The first-order chi connectivity index (χ1) is 8.58. The Bertz CT molecular complexity index is 509. The van der Waals surface area contributed by atoms with E-state index in [0.717, 1.165) is 16.8 Å². The first kappa shape index (κ1) is 13.6. The van der Waals surface area contributed by atoms with Crippen LogP contribution in [0.1, 0.15) is 24.3 Å². The number of rotatable bonds is 4. The second-order valence-corrected chi connectivity index (χ2v) is 6.54. The fourth-order valence-electron chi connectivity index (χ4n) is 1.91. The molecule has 2 rings (SSSR count). The zero-order valence-corrected chi connectivity index (χ0v) is 13.3. The van der Waals surface area contributed by atoms with Gasteiger partial charge in [-0.05, 0) is 59.8 Å². The van der Waals surface area contributed by atoms with Gasteiger partial charge in [0.2, 0.25) is 0 Å². The van der Waals surface area contributed by atoms with Crippen LogP contribution in [0.3, 0.4) is 0 Å². The summed E-state index contributed by atoms with van der Waals surface area (Å²) in [5.41, 5.74) is 1.20. The standard InChI is InChI=1S/C14H17BrN2S/c1-10(2)17(9-13-5-4-6-18-13)14-11(3)7-12(15)8-16-14/h4-8,10H,9H2,1-3H3. The minimum atomic E-state index is 0.430. The fourth-order valence-corrected chi connectivity index (χ4v) is 3.05. The molecule has 0 aromatic carbocycles. The molecule has 0 aliphatic carbocycles. The van der Waals surface area contributed by atoms with Gasteiger partial charge in [0.15, 0.2) is 0 Å². The van der Waals surface area contributed by atoms with Crippen LogP contribution in [0.5, 0.6) is 0 Å². The van der Waals surface area contributed by atoms with Crippen molar-refractivity contribution >= 4 is 33.1 Å². The molecule has 96 valence electrons. The monoisotopic (exact) mass is 324 g/mol. The normalized spacial score (nSPS) is 10.9. The number of pyridine rings is 1. The number of thiophene rings is 1. The molecule has 4 heteroatoms. The van der Waals surface area contributed by atoms with Crippen molar-refractivity contribution in [3.8, 4) is 0 Å². The average Bonchev–Trinajstić information content (AvgIpc) is 2.79. The van der Waals surface area contributed by atoms with Crippen LogP contribution in [0, 0.1) is 6.92 Å². The smallest absolute Gasteiger partial charge is 0.132 e. The van der Waals surface area contributed by atoms with Gasteiger partial charge in [-0.25, -0.2) is 4.98 Å². The lowest BCUT2D eigenvalue weighted by molar-refractivity contribution is 0.674. The summed E-state index contributed by atoms with van der Waals surface area (Å²) in [6.07, 6.45) is 1.87. The number of nitrogens with zero attached hydrogens (tertiary/aromatic N) is 2. The highest BCUT2D eigenvalue weighted by Gasteiger charge is 2.15. The molecule has 0 aliphatic rings. The molecule has 0 saturated heterocycles. The molecule has 0 amide bonds. The van der Waals surface area contributed by atoms with Crippen molar-refractivity contribution in [1.29, 1.82) is 0 Å². The topological polar surface area (TPSA) is 16.1 Å². The third-order valence-electron chi connectivity index (χ3n) is 2.82. The molecule has 2 heterocycles. The quantitative estimate of drug-likeness (QED) is 0.815. The summed E-state index contributed by atoms with van der Waals surface area (Å²) < 4.78 is 1.03. The number of hydrogen-bond acceptors (Lipinski definition) is 3. The lowest BCUT2D eigenvalue weighted by Crippen LogP contribution is -2.31. The maximum absolute atomic E-state index is 4.56. The van der Waals surface area contributed by atoms with E-state index in [2.05, 4.69) is 70.2 Å². The Morgan fingerprint density at radius 3 is 2.78 bits per heavy atom. The van der Waals surface area contributed by atoms with Gasteiger partial charge in [0.1, 0.15) is 5.82 Å². The fraction of sp³-hybridized carbons (Fsp3) is 0.357. The third-order valence-corrected chi connectivity index (χ3v) is 4.11. The van der Waals surface area contributed by atoms with Crippen molar-refractivity contribution in [3.63, 3.8) is 0 Å². The molecule has 2 aromatic rings.